The topological polar surface area (TPSA) is 70.7 Å². The van der Waals surface area contributed by atoms with Crippen LogP contribution in [-0.2, 0) is 6.54 Å². The van der Waals surface area contributed by atoms with Gasteiger partial charge in [-0.2, -0.15) is 5.10 Å². The number of allylic oxidation sites excluding steroid dienone is 4. The van der Waals surface area contributed by atoms with Gasteiger partial charge in [-0.05, 0) is 48.4 Å². The maximum absolute atomic E-state index is 13.2. The van der Waals surface area contributed by atoms with E-state index in [-0.39, 0.29) is 17.7 Å². The fraction of sp³-hybridized carbons (Fsp3) is 0.150. The van der Waals surface area contributed by atoms with Gasteiger partial charge < -0.3 is 5.32 Å². The first-order valence-corrected chi connectivity index (χ1v) is 8.40. The third-order valence-corrected chi connectivity index (χ3v) is 4.45. The number of aromatic amines is 1. The van der Waals surface area contributed by atoms with Crippen LogP contribution in [0.15, 0.2) is 66.8 Å². The van der Waals surface area contributed by atoms with Crippen LogP contribution < -0.4 is 5.32 Å². The number of carbonyl (C=O) groups excluding carboxylic acids is 1. The quantitative estimate of drug-likeness (QED) is 0.754. The van der Waals surface area contributed by atoms with Gasteiger partial charge in [-0.25, -0.2) is 4.39 Å². The Morgan fingerprint density at radius 3 is 3.04 bits per heavy atom. The fourth-order valence-electron chi connectivity index (χ4n) is 3.05. The molecule has 1 aliphatic carbocycles. The summed E-state index contributed by atoms with van der Waals surface area (Å²) in [6.45, 7) is 0.415. The van der Waals surface area contributed by atoms with Crippen molar-refractivity contribution in [3.8, 4) is 0 Å². The number of amides is 1. The normalized spacial score (nSPS) is 16.5. The molecule has 130 valence electrons. The average molecular weight is 348 g/mol. The van der Waals surface area contributed by atoms with E-state index in [1.807, 2.05) is 30.3 Å². The van der Waals surface area contributed by atoms with Crippen LogP contribution >= 0.6 is 0 Å². The zero-order valence-electron chi connectivity index (χ0n) is 13.9. The van der Waals surface area contributed by atoms with E-state index in [1.54, 1.807) is 24.5 Å². The highest BCUT2D eigenvalue weighted by atomic mass is 19.1. The van der Waals surface area contributed by atoms with Crippen molar-refractivity contribution in [2.75, 3.05) is 0 Å². The summed E-state index contributed by atoms with van der Waals surface area (Å²) in [5.74, 6) is -0.359. The third-order valence-electron chi connectivity index (χ3n) is 4.45. The Balaban J connectivity index is 1.56. The number of H-pyrrole nitrogens is 1. The number of hydrogen-bond acceptors (Lipinski definition) is 3. The van der Waals surface area contributed by atoms with Crippen LogP contribution in [0.5, 0.6) is 0 Å². The molecule has 0 fully saturated rings. The Hall–Kier alpha value is -3.28. The lowest BCUT2D eigenvalue weighted by atomic mass is 9.94. The van der Waals surface area contributed by atoms with E-state index < -0.39 is 0 Å². The SMILES string of the molecule is O=C(NCc1cccnc1)c1ccc2n[nH]c(C3C=CC(F)=CC3)c2c1. The maximum atomic E-state index is 13.2. The first kappa shape index (κ1) is 16.2. The highest BCUT2D eigenvalue weighted by Gasteiger charge is 2.18. The molecule has 5 nitrogen and oxygen atoms in total. The summed E-state index contributed by atoms with van der Waals surface area (Å²) >= 11 is 0. The molecule has 1 aliphatic rings. The number of aromatic nitrogens is 3. The summed E-state index contributed by atoms with van der Waals surface area (Å²) < 4.78 is 13.2. The molecule has 1 aromatic carbocycles. The standard InChI is InChI=1S/C20H17FN4O/c21-16-6-3-14(4-7-16)19-17-10-15(5-8-18(17)24-25-19)20(26)23-12-13-2-1-9-22-11-13/h1-3,5-11,14H,4,12H2,(H,23,26)(H,24,25). The van der Waals surface area contributed by atoms with Gasteiger partial charge in [0.15, 0.2) is 0 Å². The van der Waals surface area contributed by atoms with E-state index >= 15 is 0 Å². The van der Waals surface area contributed by atoms with Gasteiger partial charge in [-0.1, -0.05) is 12.1 Å². The molecule has 0 saturated carbocycles. The molecule has 0 aliphatic heterocycles. The number of hydrogen-bond donors (Lipinski definition) is 2. The van der Waals surface area contributed by atoms with Crippen molar-refractivity contribution in [1.82, 2.24) is 20.5 Å². The second kappa shape index (κ2) is 6.92. The van der Waals surface area contributed by atoms with E-state index in [0.29, 0.717) is 18.5 Å². The molecule has 4 rings (SSSR count). The Morgan fingerprint density at radius 1 is 1.35 bits per heavy atom. The average Bonchev–Trinajstić information content (AvgIpc) is 3.11. The number of fused-ring (bicyclic) bond motifs is 1. The second-order valence-electron chi connectivity index (χ2n) is 6.20. The molecule has 0 bridgehead atoms. The van der Waals surface area contributed by atoms with E-state index in [4.69, 9.17) is 0 Å². The van der Waals surface area contributed by atoms with E-state index in [0.717, 1.165) is 22.2 Å². The number of pyridine rings is 1. The predicted octanol–water partition coefficient (Wildman–Crippen LogP) is 3.78. The molecule has 6 heteroatoms. The predicted molar refractivity (Wildman–Crippen MR) is 97.2 cm³/mol. The van der Waals surface area contributed by atoms with E-state index in [9.17, 15) is 9.18 Å². The number of carbonyl (C=O) groups is 1. The van der Waals surface area contributed by atoms with Crippen LogP contribution in [0.1, 0.15) is 34.0 Å². The number of halogens is 1. The zero-order chi connectivity index (χ0) is 17.9. The van der Waals surface area contributed by atoms with E-state index in [2.05, 4.69) is 20.5 Å². The lowest BCUT2D eigenvalue weighted by Crippen LogP contribution is -2.22. The molecule has 1 unspecified atom stereocenters. The Labute approximate surface area is 149 Å². The van der Waals surface area contributed by atoms with Crippen LogP contribution in [-0.4, -0.2) is 21.1 Å². The summed E-state index contributed by atoms with van der Waals surface area (Å²) in [5.41, 5.74) is 3.17. The largest absolute Gasteiger partial charge is 0.348 e. The Morgan fingerprint density at radius 2 is 2.27 bits per heavy atom. The minimum atomic E-state index is -0.222. The van der Waals surface area contributed by atoms with Gasteiger partial charge in [0.05, 0.1) is 11.2 Å². The monoisotopic (exact) mass is 348 g/mol. The molecule has 2 aromatic heterocycles. The molecule has 1 atom stereocenters. The third kappa shape index (κ3) is 3.26. The highest BCUT2D eigenvalue weighted by molar-refractivity contribution is 5.98. The summed E-state index contributed by atoms with van der Waals surface area (Å²) in [7, 11) is 0. The summed E-state index contributed by atoms with van der Waals surface area (Å²) in [4.78, 5) is 16.5. The first-order valence-electron chi connectivity index (χ1n) is 8.40. The number of benzene rings is 1. The molecule has 26 heavy (non-hydrogen) atoms. The van der Waals surface area contributed by atoms with Gasteiger partial charge in [-0.3, -0.25) is 14.9 Å². The van der Waals surface area contributed by atoms with Crippen molar-refractivity contribution < 1.29 is 9.18 Å². The molecule has 2 heterocycles. The first-order chi connectivity index (χ1) is 12.7. The lowest BCUT2D eigenvalue weighted by Gasteiger charge is -2.12. The Bertz CT molecular complexity index is 1010. The van der Waals surface area contributed by atoms with Gasteiger partial charge in [0, 0.05) is 35.8 Å². The smallest absolute Gasteiger partial charge is 0.251 e. The van der Waals surface area contributed by atoms with Crippen molar-refractivity contribution in [3.63, 3.8) is 0 Å². The van der Waals surface area contributed by atoms with Crippen molar-refractivity contribution >= 4 is 16.8 Å². The zero-order valence-corrected chi connectivity index (χ0v) is 13.9. The minimum Gasteiger partial charge on any atom is -0.348 e. The molecule has 2 N–H and O–H groups in total. The van der Waals surface area contributed by atoms with Crippen LogP contribution in [0.2, 0.25) is 0 Å². The highest BCUT2D eigenvalue weighted by Crippen LogP contribution is 2.31. The maximum Gasteiger partial charge on any atom is 0.251 e. The van der Waals surface area contributed by atoms with Gasteiger partial charge in [-0.15, -0.1) is 0 Å². The van der Waals surface area contributed by atoms with Crippen LogP contribution in [0.3, 0.4) is 0 Å². The van der Waals surface area contributed by atoms with Crippen molar-refractivity contribution in [1.29, 1.82) is 0 Å². The molecule has 3 aromatic rings. The summed E-state index contributed by atoms with van der Waals surface area (Å²) in [6, 6.07) is 9.14. The van der Waals surface area contributed by atoms with Gasteiger partial charge in [0.2, 0.25) is 0 Å². The fourth-order valence-corrected chi connectivity index (χ4v) is 3.05. The molecular weight excluding hydrogens is 331 g/mol. The molecule has 0 radical (unpaired) electrons. The Kier molecular flexibility index (Phi) is 4.31. The van der Waals surface area contributed by atoms with Crippen LogP contribution in [0, 0.1) is 0 Å². The summed E-state index contributed by atoms with van der Waals surface area (Å²) in [5, 5.41) is 11.1. The summed E-state index contributed by atoms with van der Waals surface area (Å²) in [6.07, 6.45) is 8.82. The number of nitrogens with one attached hydrogen (secondary N) is 2. The van der Waals surface area contributed by atoms with Crippen LogP contribution in [0.25, 0.3) is 10.9 Å². The number of rotatable bonds is 4. The molecular formula is C20H17FN4O. The number of nitrogens with zero attached hydrogens (tertiary/aromatic N) is 2. The van der Waals surface area contributed by atoms with Gasteiger partial charge in [0.1, 0.15) is 5.83 Å². The second-order valence-corrected chi connectivity index (χ2v) is 6.20. The van der Waals surface area contributed by atoms with Crippen LogP contribution in [0.4, 0.5) is 4.39 Å². The van der Waals surface area contributed by atoms with Crippen molar-refractivity contribution in [2.24, 2.45) is 0 Å². The molecule has 1 amide bonds. The lowest BCUT2D eigenvalue weighted by molar-refractivity contribution is 0.0951. The van der Waals surface area contributed by atoms with Crippen molar-refractivity contribution in [3.05, 3.63) is 83.6 Å². The van der Waals surface area contributed by atoms with E-state index in [1.165, 1.54) is 6.08 Å². The molecule has 0 saturated heterocycles. The van der Waals surface area contributed by atoms with Gasteiger partial charge >= 0.3 is 0 Å². The van der Waals surface area contributed by atoms with Gasteiger partial charge in [0.25, 0.3) is 5.91 Å². The molecule has 0 spiro atoms. The van der Waals surface area contributed by atoms with Crippen molar-refractivity contribution in [2.45, 2.75) is 18.9 Å². The minimum absolute atomic E-state index is 0.0215.